The molecule has 1 aromatic carbocycles. The van der Waals surface area contributed by atoms with Crippen molar-refractivity contribution in [1.29, 1.82) is 0 Å². The van der Waals surface area contributed by atoms with Gasteiger partial charge in [-0.05, 0) is 24.3 Å². The van der Waals surface area contributed by atoms with Crippen LogP contribution in [0.2, 0.25) is 5.02 Å². The molecule has 4 rings (SSSR count). The summed E-state index contributed by atoms with van der Waals surface area (Å²) in [6.45, 7) is 5.66. The highest BCUT2D eigenvalue weighted by molar-refractivity contribution is 6.30. The van der Waals surface area contributed by atoms with Gasteiger partial charge in [0.2, 0.25) is 5.95 Å². The van der Waals surface area contributed by atoms with Crippen molar-refractivity contribution >= 4 is 29.1 Å². The zero-order valence-electron chi connectivity index (χ0n) is 15.1. The number of ether oxygens (including phenoxy) is 1. The molecular weight excluding hydrogens is 366 g/mol. The number of piperazine rings is 1. The van der Waals surface area contributed by atoms with E-state index in [1.807, 2.05) is 18.2 Å². The molecule has 0 unspecified atom stereocenters. The van der Waals surface area contributed by atoms with Gasteiger partial charge in [0.05, 0.1) is 13.2 Å². The summed E-state index contributed by atoms with van der Waals surface area (Å²) in [7, 11) is 0. The van der Waals surface area contributed by atoms with Crippen molar-refractivity contribution in [2.24, 2.45) is 0 Å². The van der Waals surface area contributed by atoms with Gasteiger partial charge in [-0.25, -0.2) is 9.97 Å². The third-order valence-electron chi connectivity index (χ3n) is 4.90. The Morgan fingerprint density at radius 1 is 1.00 bits per heavy atom. The Morgan fingerprint density at radius 2 is 1.74 bits per heavy atom. The molecule has 2 aliphatic heterocycles. The number of aromatic nitrogens is 2. The van der Waals surface area contributed by atoms with E-state index >= 15 is 0 Å². The van der Waals surface area contributed by atoms with Crippen LogP contribution in [-0.2, 0) is 4.74 Å². The van der Waals surface area contributed by atoms with Crippen LogP contribution in [0.5, 0.6) is 0 Å². The van der Waals surface area contributed by atoms with Crippen molar-refractivity contribution in [1.82, 2.24) is 14.9 Å². The smallest absolute Gasteiger partial charge is 0.272 e. The van der Waals surface area contributed by atoms with E-state index in [-0.39, 0.29) is 5.91 Å². The van der Waals surface area contributed by atoms with Crippen LogP contribution < -0.4 is 9.80 Å². The minimum absolute atomic E-state index is 0.0560. The Hall–Kier alpha value is -2.38. The largest absolute Gasteiger partial charge is 0.378 e. The molecule has 0 radical (unpaired) electrons. The number of benzene rings is 1. The highest BCUT2D eigenvalue weighted by atomic mass is 35.5. The third kappa shape index (κ3) is 4.14. The van der Waals surface area contributed by atoms with E-state index in [0.29, 0.717) is 37.9 Å². The highest BCUT2D eigenvalue weighted by Gasteiger charge is 2.23. The average molecular weight is 388 g/mol. The highest BCUT2D eigenvalue weighted by Crippen LogP contribution is 2.22. The molecule has 27 heavy (non-hydrogen) atoms. The number of halogens is 1. The Morgan fingerprint density at radius 3 is 2.48 bits per heavy atom. The number of morpholine rings is 1. The number of anilines is 2. The van der Waals surface area contributed by atoms with E-state index < -0.39 is 0 Å². The first-order valence-corrected chi connectivity index (χ1v) is 9.54. The molecule has 0 spiro atoms. The monoisotopic (exact) mass is 387 g/mol. The minimum atomic E-state index is -0.0560. The number of hydrogen-bond acceptors (Lipinski definition) is 6. The lowest BCUT2D eigenvalue weighted by molar-refractivity contribution is 0.0299. The van der Waals surface area contributed by atoms with Crippen LogP contribution in [0.15, 0.2) is 36.5 Å². The fourth-order valence-electron chi connectivity index (χ4n) is 3.39. The van der Waals surface area contributed by atoms with Gasteiger partial charge in [0.1, 0.15) is 5.69 Å². The van der Waals surface area contributed by atoms with Gasteiger partial charge in [0.25, 0.3) is 5.91 Å². The molecule has 3 heterocycles. The van der Waals surface area contributed by atoms with E-state index in [9.17, 15) is 4.79 Å². The summed E-state index contributed by atoms with van der Waals surface area (Å²) in [5.41, 5.74) is 1.57. The maximum Gasteiger partial charge on any atom is 0.272 e. The number of amides is 1. The van der Waals surface area contributed by atoms with Crippen LogP contribution in [0.1, 0.15) is 10.5 Å². The van der Waals surface area contributed by atoms with Gasteiger partial charge in [-0.15, -0.1) is 0 Å². The predicted molar refractivity (Wildman–Crippen MR) is 105 cm³/mol. The first-order chi connectivity index (χ1) is 13.2. The summed E-state index contributed by atoms with van der Waals surface area (Å²) in [6, 6.07) is 9.58. The normalized spacial score (nSPS) is 17.9. The Bertz CT molecular complexity index is 804. The van der Waals surface area contributed by atoms with Crippen LogP contribution in [0.3, 0.4) is 0 Å². The standard InChI is InChI=1S/C19H22ClN5O2/c20-15-2-1-3-16(14-15)23-6-8-25(9-7-23)19-21-5-4-17(22-19)18(26)24-10-12-27-13-11-24/h1-5,14H,6-13H2. The number of rotatable bonds is 3. The van der Waals surface area contributed by atoms with Gasteiger partial charge in [-0.1, -0.05) is 17.7 Å². The van der Waals surface area contributed by atoms with E-state index in [0.717, 1.165) is 36.9 Å². The van der Waals surface area contributed by atoms with E-state index in [4.69, 9.17) is 16.3 Å². The molecule has 142 valence electrons. The number of carbonyl (C=O) groups is 1. The second kappa shape index (κ2) is 8.10. The molecule has 7 nitrogen and oxygen atoms in total. The van der Waals surface area contributed by atoms with Gasteiger partial charge >= 0.3 is 0 Å². The lowest BCUT2D eigenvalue weighted by atomic mass is 10.2. The number of hydrogen-bond donors (Lipinski definition) is 0. The molecule has 1 aromatic heterocycles. The molecule has 8 heteroatoms. The average Bonchev–Trinajstić information content (AvgIpc) is 2.74. The fraction of sp³-hybridized carbons (Fsp3) is 0.421. The van der Waals surface area contributed by atoms with Gasteiger partial charge in [-0.3, -0.25) is 4.79 Å². The molecule has 0 saturated carbocycles. The molecule has 0 N–H and O–H groups in total. The summed E-state index contributed by atoms with van der Waals surface area (Å²) in [4.78, 5) is 27.8. The molecule has 0 atom stereocenters. The van der Waals surface area contributed by atoms with Gasteiger partial charge < -0.3 is 19.4 Å². The lowest BCUT2D eigenvalue weighted by Crippen LogP contribution is -2.47. The molecule has 2 aliphatic rings. The maximum absolute atomic E-state index is 12.6. The van der Waals surface area contributed by atoms with Crippen LogP contribution in [0.25, 0.3) is 0 Å². The van der Waals surface area contributed by atoms with Crippen molar-refractivity contribution in [3.8, 4) is 0 Å². The Kier molecular flexibility index (Phi) is 5.40. The van der Waals surface area contributed by atoms with Gasteiger partial charge in [-0.2, -0.15) is 0 Å². The Balaban J connectivity index is 1.42. The maximum atomic E-state index is 12.6. The van der Waals surface area contributed by atoms with Crippen LogP contribution in [0, 0.1) is 0 Å². The molecule has 1 amide bonds. The molecular formula is C19H22ClN5O2. The number of carbonyl (C=O) groups excluding carboxylic acids is 1. The van der Waals surface area contributed by atoms with Gasteiger partial charge in [0, 0.05) is 56.2 Å². The Labute approximate surface area is 163 Å². The van der Waals surface area contributed by atoms with Crippen molar-refractivity contribution in [3.63, 3.8) is 0 Å². The quantitative estimate of drug-likeness (QED) is 0.802. The predicted octanol–water partition coefficient (Wildman–Crippen LogP) is 1.93. The molecule has 2 aromatic rings. The van der Waals surface area contributed by atoms with Crippen molar-refractivity contribution < 1.29 is 9.53 Å². The summed E-state index contributed by atoms with van der Waals surface area (Å²) < 4.78 is 5.31. The van der Waals surface area contributed by atoms with Crippen LogP contribution in [0.4, 0.5) is 11.6 Å². The van der Waals surface area contributed by atoms with Crippen molar-refractivity contribution in [3.05, 3.63) is 47.2 Å². The summed E-state index contributed by atoms with van der Waals surface area (Å²) in [6.07, 6.45) is 1.67. The summed E-state index contributed by atoms with van der Waals surface area (Å²) >= 11 is 6.10. The van der Waals surface area contributed by atoms with E-state index in [1.54, 1.807) is 17.2 Å². The van der Waals surface area contributed by atoms with Crippen molar-refractivity contribution in [2.45, 2.75) is 0 Å². The molecule has 2 saturated heterocycles. The minimum Gasteiger partial charge on any atom is -0.378 e. The fourth-order valence-corrected chi connectivity index (χ4v) is 3.57. The second-order valence-electron chi connectivity index (χ2n) is 6.60. The SMILES string of the molecule is O=C(c1ccnc(N2CCN(c3cccc(Cl)c3)CC2)n1)N1CCOCC1. The van der Waals surface area contributed by atoms with Crippen LogP contribution >= 0.6 is 11.6 Å². The van der Waals surface area contributed by atoms with Crippen LogP contribution in [-0.4, -0.2) is 73.3 Å². The summed E-state index contributed by atoms with van der Waals surface area (Å²) in [5.74, 6) is 0.555. The molecule has 0 bridgehead atoms. The zero-order valence-corrected chi connectivity index (χ0v) is 15.8. The zero-order chi connectivity index (χ0) is 18.6. The third-order valence-corrected chi connectivity index (χ3v) is 5.13. The summed E-state index contributed by atoms with van der Waals surface area (Å²) in [5, 5.41) is 0.743. The molecule has 0 aliphatic carbocycles. The van der Waals surface area contributed by atoms with Gasteiger partial charge in [0.15, 0.2) is 0 Å². The second-order valence-corrected chi connectivity index (χ2v) is 7.04. The topological polar surface area (TPSA) is 61.8 Å². The first kappa shape index (κ1) is 18.0. The van der Waals surface area contributed by atoms with Crippen molar-refractivity contribution in [2.75, 3.05) is 62.3 Å². The molecule has 2 fully saturated rings. The first-order valence-electron chi connectivity index (χ1n) is 9.16. The van der Waals surface area contributed by atoms with E-state index in [1.165, 1.54) is 0 Å². The lowest BCUT2D eigenvalue weighted by Gasteiger charge is -2.36. The van der Waals surface area contributed by atoms with E-state index in [2.05, 4.69) is 25.8 Å². The number of nitrogens with zero attached hydrogens (tertiary/aromatic N) is 5.